The number of nitrogens with one attached hydrogen (secondary N) is 1. The fraction of sp³-hybridized carbons (Fsp3) is 0.231. The predicted octanol–water partition coefficient (Wildman–Crippen LogP) is 4.40. The molecule has 0 saturated carbocycles. The average Bonchev–Trinajstić information content (AvgIpc) is 2.21. The first-order chi connectivity index (χ1) is 7.97. The van der Waals surface area contributed by atoms with Gasteiger partial charge in [0, 0.05) is 16.4 Å². The summed E-state index contributed by atoms with van der Waals surface area (Å²) in [5.41, 5.74) is 3.28. The Morgan fingerprint density at radius 2 is 1.71 bits per heavy atom. The third-order valence-corrected chi connectivity index (χ3v) is 2.46. The van der Waals surface area contributed by atoms with Crippen LogP contribution in [0.3, 0.4) is 0 Å². The largest absolute Gasteiger partial charge is 0.335 e. The molecule has 0 radical (unpaired) electrons. The predicted molar refractivity (Wildman–Crippen MR) is 75.1 cm³/mol. The molecule has 0 spiro atoms. The molecular formula is C13H15ClN2S. The van der Waals surface area contributed by atoms with Crippen molar-refractivity contribution in [3.63, 3.8) is 0 Å². The normalized spacial score (nSPS) is 9.41. The SMILES string of the molecule is Cc1cc(C)[nH]c(=S)n1.Cc1ccc(Cl)cc1. The molecular weight excluding hydrogens is 252 g/mol. The number of halogens is 1. The fourth-order valence-electron chi connectivity index (χ4n) is 1.27. The maximum absolute atomic E-state index is 5.61. The van der Waals surface area contributed by atoms with E-state index in [-0.39, 0.29) is 0 Å². The van der Waals surface area contributed by atoms with E-state index in [9.17, 15) is 0 Å². The Labute approximate surface area is 112 Å². The van der Waals surface area contributed by atoms with Crippen LogP contribution in [0.5, 0.6) is 0 Å². The molecule has 0 aliphatic carbocycles. The van der Waals surface area contributed by atoms with Crippen molar-refractivity contribution >= 4 is 23.8 Å². The second-order valence-electron chi connectivity index (χ2n) is 3.81. The summed E-state index contributed by atoms with van der Waals surface area (Å²) in [7, 11) is 0. The third-order valence-electron chi connectivity index (χ3n) is 2.02. The zero-order valence-corrected chi connectivity index (χ0v) is 11.7. The van der Waals surface area contributed by atoms with Gasteiger partial charge in [-0.25, -0.2) is 4.98 Å². The van der Waals surface area contributed by atoms with E-state index < -0.39 is 0 Å². The van der Waals surface area contributed by atoms with Gasteiger partial charge in [-0.1, -0.05) is 29.3 Å². The molecule has 0 aliphatic rings. The highest BCUT2D eigenvalue weighted by Gasteiger charge is 1.86. The van der Waals surface area contributed by atoms with Gasteiger partial charge >= 0.3 is 0 Å². The average molecular weight is 267 g/mol. The van der Waals surface area contributed by atoms with Crippen LogP contribution in [0.25, 0.3) is 0 Å². The zero-order valence-electron chi connectivity index (χ0n) is 10.1. The topological polar surface area (TPSA) is 28.7 Å². The van der Waals surface area contributed by atoms with Gasteiger partial charge in [-0.05, 0) is 51.2 Å². The van der Waals surface area contributed by atoms with Gasteiger partial charge in [0.15, 0.2) is 4.77 Å². The minimum atomic E-state index is 0.563. The van der Waals surface area contributed by atoms with Crippen molar-refractivity contribution in [2.45, 2.75) is 20.8 Å². The molecule has 1 aromatic carbocycles. The maximum Gasteiger partial charge on any atom is 0.197 e. The van der Waals surface area contributed by atoms with Crippen LogP contribution in [0.2, 0.25) is 5.02 Å². The van der Waals surface area contributed by atoms with E-state index in [1.807, 2.05) is 51.1 Å². The van der Waals surface area contributed by atoms with Crippen LogP contribution in [0.4, 0.5) is 0 Å². The number of hydrogen-bond acceptors (Lipinski definition) is 2. The molecule has 2 rings (SSSR count). The van der Waals surface area contributed by atoms with Crippen molar-refractivity contribution in [2.24, 2.45) is 0 Å². The number of H-pyrrole nitrogens is 1. The molecule has 1 heterocycles. The van der Waals surface area contributed by atoms with Crippen molar-refractivity contribution in [2.75, 3.05) is 0 Å². The Kier molecular flexibility index (Phi) is 5.32. The van der Waals surface area contributed by atoms with Crippen LogP contribution in [0.15, 0.2) is 30.3 Å². The number of rotatable bonds is 0. The van der Waals surface area contributed by atoms with E-state index in [0.29, 0.717) is 4.77 Å². The Bertz CT molecular complexity index is 488. The van der Waals surface area contributed by atoms with Gasteiger partial charge in [-0.3, -0.25) is 0 Å². The number of benzene rings is 1. The van der Waals surface area contributed by atoms with E-state index >= 15 is 0 Å². The number of aromatic amines is 1. The monoisotopic (exact) mass is 266 g/mol. The zero-order chi connectivity index (χ0) is 12.8. The molecule has 0 saturated heterocycles. The molecule has 0 amide bonds. The van der Waals surface area contributed by atoms with E-state index in [2.05, 4.69) is 9.97 Å². The van der Waals surface area contributed by atoms with Gasteiger partial charge in [-0.15, -0.1) is 0 Å². The Balaban J connectivity index is 0.000000171. The minimum absolute atomic E-state index is 0.563. The number of nitrogens with zero attached hydrogens (tertiary/aromatic N) is 1. The molecule has 0 fully saturated rings. The van der Waals surface area contributed by atoms with Crippen molar-refractivity contribution < 1.29 is 0 Å². The van der Waals surface area contributed by atoms with Gasteiger partial charge < -0.3 is 4.98 Å². The summed E-state index contributed by atoms with van der Waals surface area (Å²) < 4.78 is 0.563. The van der Waals surface area contributed by atoms with E-state index in [0.717, 1.165) is 16.4 Å². The molecule has 0 bridgehead atoms. The summed E-state index contributed by atoms with van der Waals surface area (Å²) in [6.07, 6.45) is 0. The lowest BCUT2D eigenvalue weighted by atomic mass is 10.2. The number of aryl methyl sites for hydroxylation is 3. The van der Waals surface area contributed by atoms with E-state index in [1.165, 1.54) is 5.56 Å². The summed E-state index contributed by atoms with van der Waals surface area (Å²) in [6, 6.07) is 9.70. The second-order valence-corrected chi connectivity index (χ2v) is 4.63. The first-order valence-electron chi connectivity index (χ1n) is 5.24. The molecule has 0 aliphatic heterocycles. The van der Waals surface area contributed by atoms with Crippen molar-refractivity contribution in [3.8, 4) is 0 Å². The van der Waals surface area contributed by atoms with Crippen molar-refractivity contribution in [1.29, 1.82) is 0 Å². The van der Waals surface area contributed by atoms with Crippen LogP contribution < -0.4 is 0 Å². The Morgan fingerprint density at radius 3 is 2.12 bits per heavy atom. The van der Waals surface area contributed by atoms with Crippen LogP contribution in [0, 0.1) is 25.5 Å². The lowest BCUT2D eigenvalue weighted by Crippen LogP contribution is -1.87. The minimum Gasteiger partial charge on any atom is -0.335 e. The molecule has 4 heteroatoms. The quantitative estimate of drug-likeness (QED) is 0.716. The van der Waals surface area contributed by atoms with Gasteiger partial charge in [0.2, 0.25) is 0 Å². The molecule has 0 atom stereocenters. The summed E-state index contributed by atoms with van der Waals surface area (Å²) in [4.78, 5) is 6.91. The number of aromatic nitrogens is 2. The highest BCUT2D eigenvalue weighted by Crippen LogP contribution is 2.07. The lowest BCUT2D eigenvalue weighted by Gasteiger charge is -1.92. The molecule has 1 aromatic heterocycles. The van der Waals surface area contributed by atoms with Crippen LogP contribution in [-0.2, 0) is 0 Å². The Morgan fingerprint density at radius 1 is 1.12 bits per heavy atom. The summed E-state index contributed by atoms with van der Waals surface area (Å²) in [5.74, 6) is 0. The smallest absolute Gasteiger partial charge is 0.197 e. The van der Waals surface area contributed by atoms with Gasteiger partial charge in [0.05, 0.1) is 0 Å². The molecule has 90 valence electrons. The van der Waals surface area contributed by atoms with Gasteiger partial charge in [0.25, 0.3) is 0 Å². The van der Waals surface area contributed by atoms with Gasteiger partial charge in [0.1, 0.15) is 0 Å². The van der Waals surface area contributed by atoms with Crippen LogP contribution >= 0.6 is 23.8 Å². The van der Waals surface area contributed by atoms with Crippen molar-refractivity contribution in [3.05, 3.63) is 57.1 Å². The van der Waals surface area contributed by atoms with Crippen molar-refractivity contribution in [1.82, 2.24) is 9.97 Å². The molecule has 1 N–H and O–H groups in total. The fourth-order valence-corrected chi connectivity index (χ4v) is 1.70. The first kappa shape index (κ1) is 13.9. The van der Waals surface area contributed by atoms with Gasteiger partial charge in [-0.2, -0.15) is 0 Å². The highest BCUT2D eigenvalue weighted by atomic mass is 35.5. The second kappa shape index (κ2) is 6.52. The number of hydrogen-bond donors (Lipinski definition) is 1. The standard InChI is InChI=1S/C7H7Cl.C6H8N2S/c1-6-2-4-7(8)5-3-6;1-4-3-5(2)8-6(9)7-4/h2-5H,1H3;3H,1-2H3,(H,7,8,9). The molecule has 2 nitrogen and oxygen atoms in total. The van der Waals surface area contributed by atoms with Crippen LogP contribution in [-0.4, -0.2) is 9.97 Å². The summed E-state index contributed by atoms with van der Waals surface area (Å²) in [5, 5.41) is 0.801. The molecule has 2 aromatic rings. The third kappa shape index (κ3) is 5.61. The first-order valence-corrected chi connectivity index (χ1v) is 6.03. The molecule has 17 heavy (non-hydrogen) atoms. The maximum atomic E-state index is 5.61. The Hall–Kier alpha value is -1.19. The lowest BCUT2D eigenvalue weighted by molar-refractivity contribution is 1.03. The summed E-state index contributed by atoms with van der Waals surface area (Å²) >= 11 is 10.4. The van der Waals surface area contributed by atoms with E-state index in [1.54, 1.807) is 0 Å². The highest BCUT2D eigenvalue weighted by molar-refractivity contribution is 7.71. The van der Waals surface area contributed by atoms with E-state index in [4.69, 9.17) is 23.8 Å². The summed E-state index contributed by atoms with van der Waals surface area (Å²) in [6.45, 7) is 5.93. The molecule has 0 unspecified atom stereocenters. The van der Waals surface area contributed by atoms with Crippen LogP contribution in [0.1, 0.15) is 17.0 Å².